The van der Waals surface area contributed by atoms with Gasteiger partial charge in [-0.3, -0.25) is 9.59 Å². The van der Waals surface area contributed by atoms with Crippen molar-refractivity contribution in [2.24, 2.45) is 21.8 Å². The van der Waals surface area contributed by atoms with Gasteiger partial charge in [-0.1, -0.05) is 18.7 Å². The molecule has 1 fully saturated rings. The third kappa shape index (κ3) is 2.96. The molecule has 128 valence electrons. The van der Waals surface area contributed by atoms with Gasteiger partial charge in [0.15, 0.2) is 0 Å². The first-order valence-corrected chi connectivity index (χ1v) is 9.81. The van der Waals surface area contributed by atoms with Crippen molar-refractivity contribution in [3.05, 3.63) is 10.5 Å². The molecular formula is C18H23N3O2S. The van der Waals surface area contributed by atoms with Crippen LogP contribution in [-0.2, 0) is 9.59 Å². The van der Waals surface area contributed by atoms with Crippen LogP contribution < -0.4 is 0 Å². The number of amidine groups is 1. The molecule has 4 rings (SSSR count). The van der Waals surface area contributed by atoms with Gasteiger partial charge in [-0.25, -0.2) is 4.99 Å². The summed E-state index contributed by atoms with van der Waals surface area (Å²) in [7, 11) is 0. The van der Waals surface area contributed by atoms with Crippen LogP contribution in [0, 0.1) is 11.8 Å². The van der Waals surface area contributed by atoms with Crippen molar-refractivity contribution in [1.29, 1.82) is 0 Å². The van der Waals surface area contributed by atoms with Crippen molar-refractivity contribution in [2.45, 2.75) is 51.9 Å². The number of rotatable bonds is 3. The molecule has 0 aromatic heterocycles. The number of allylic oxidation sites excluding steroid dienone is 1. The Labute approximate surface area is 146 Å². The summed E-state index contributed by atoms with van der Waals surface area (Å²) in [5.41, 5.74) is 1.26. The van der Waals surface area contributed by atoms with E-state index in [1.165, 1.54) is 10.5 Å². The maximum Gasteiger partial charge on any atom is 0.261 e. The minimum absolute atomic E-state index is 0.0734. The molecule has 1 saturated heterocycles. The van der Waals surface area contributed by atoms with Crippen molar-refractivity contribution in [3.63, 3.8) is 0 Å². The second-order valence-electron chi connectivity index (χ2n) is 7.24. The zero-order valence-electron chi connectivity index (χ0n) is 14.1. The fraction of sp³-hybridized carbons (Fsp3) is 0.667. The van der Waals surface area contributed by atoms with E-state index in [1.807, 2.05) is 4.90 Å². The van der Waals surface area contributed by atoms with Crippen molar-refractivity contribution >= 4 is 34.5 Å². The fourth-order valence-corrected chi connectivity index (χ4v) is 5.46. The number of hydrogen-bond donors (Lipinski definition) is 0. The number of thioether (sulfide) groups is 1. The number of fused-ring (bicyclic) bond motifs is 2. The van der Waals surface area contributed by atoms with E-state index in [1.54, 1.807) is 11.8 Å². The zero-order chi connectivity index (χ0) is 16.7. The molecule has 0 saturated carbocycles. The highest BCUT2D eigenvalue weighted by Gasteiger charge is 2.41. The van der Waals surface area contributed by atoms with Crippen LogP contribution in [0.1, 0.15) is 51.9 Å². The number of hydrogen-bond acceptors (Lipinski definition) is 4. The molecule has 2 amide bonds. The van der Waals surface area contributed by atoms with Gasteiger partial charge in [0.25, 0.3) is 5.91 Å². The molecule has 0 aromatic carbocycles. The van der Waals surface area contributed by atoms with E-state index in [2.05, 4.69) is 16.9 Å². The first-order valence-electron chi connectivity index (χ1n) is 8.99. The number of aliphatic imine (C=N–C) groups is 2. The molecule has 0 radical (unpaired) electrons. The molecule has 0 aromatic rings. The Morgan fingerprint density at radius 1 is 1.29 bits per heavy atom. The van der Waals surface area contributed by atoms with Gasteiger partial charge in [0.2, 0.25) is 5.91 Å². The molecule has 2 atom stereocenters. The van der Waals surface area contributed by atoms with E-state index in [4.69, 9.17) is 0 Å². The van der Waals surface area contributed by atoms with Gasteiger partial charge >= 0.3 is 0 Å². The Morgan fingerprint density at radius 2 is 2.08 bits per heavy atom. The average Bonchev–Trinajstić information content (AvgIpc) is 3.19. The maximum absolute atomic E-state index is 12.5. The number of carbonyl (C=O) groups is 2. The van der Waals surface area contributed by atoms with Crippen LogP contribution in [-0.4, -0.2) is 40.7 Å². The van der Waals surface area contributed by atoms with Crippen LogP contribution in [0.2, 0.25) is 0 Å². The molecule has 6 heteroatoms. The number of carbonyl (C=O) groups excluding carboxylic acids is 2. The molecule has 2 unspecified atom stereocenters. The molecular weight excluding hydrogens is 322 g/mol. The van der Waals surface area contributed by atoms with E-state index < -0.39 is 0 Å². The van der Waals surface area contributed by atoms with E-state index in [0.717, 1.165) is 50.2 Å². The van der Waals surface area contributed by atoms with Crippen LogP contribution in [0.25, 0.3) is 0 Å². The van der Waals surface area contributed by atoms with Gasteiger partial charge in [-0.05, 0) is 48.5 Å². The first-order chi connectivity index (χ1) is 11.6. The molecule has 1 aliphatic carbocycles. The molecule has 3 heterocycles. The smallest absolute Gasteiger partial charge is 0.261 e. The topological polar surface area (TPSA) is 62.1 Å². The lowest BCUT2D eigenvalue weighted by atomic mass is 9.84. The second-order valence-corrected chi connectivity index (χ2v) is 8.35. The third-order valence-electron chi connectivity index (χ3n) is 5.37. The molecule has 3 aliphatic heterocycles. The Balaban J connectivity index is 1.42. The van der Waals surface area contributed by atoms with E-state index >= 15 is 0 Å². The van der Waals surface area contributed by atoms with Crippen LogP contribution in [0.4, 0.5) is 0 Å². The standard InChI is InChI=1S/C18H23N3O2S/c1-11-4-5-12-13(10-11)24-18-16(12)17(23)19-14(20-18)6-7-15(22)21-8-2-3-9-21/h11,16H,2-10H2,1H3. The van der Waals surface area contributed by atoms with Gasteiger partial charge < -0.3 is 4.90 Å². The Hall–Kier alpha value is -1.43. The van der Waals surface area contributed by atoms with Crippen molar-refractivity contribution in [3.8, 4) is 0 Å². The Kier molecular flexibility index (Phi) is 4.33. The summed E-state index contributed by atoms with van der Waals surface area (Å²) in [6, 6.07) is 0. The lowest BCUT2D eigenvalue weighted by Gasteiger charge is -2.21. The lowest BCUT2D eigenvalue weighted by Crippen LogP contribution is -2.29. The molecule has 4 aliphatic rings. The molecule has 0 bridgehead atoms. The first kappa shape index (κ1) is 16.1. The molecule has 5 nitrogen and oxygen atoms in total. The number of amides is 2. The number of likely N-dealkylation sites (tertiary alicyclic amines) is 1. The van der Waals surface area contributed by atoms with Crippen LogP contribution in [0.3, 0.4) is 0 Å². The lowest BCUT2D eigenvalue weighted by molar-refractivity contribution is -0.130. The van der Waals surface area contributed by atoms with Gasteiger partial charge in [0.05, 0.1) is 5.04 Å². The van der Waals surface area contributed by atoms with Gasteiger partial charge in [-0.2, -0.15) is 4.99 Å². The average molecular weight is 345 g/mol. The number of nitrogens with zero attached hydrogens (tertiary/aromatic N) is 3. The highest BCUT2D eigenvalue weighted by atomic mass is 32.2. The monoisotopic (exact) mass is 345 g/mol. The van der Waals surface area contributed by atoms with Crippen molar-refractivity contribution in [1.82, 2.24) is 4.90 Å². The summed E-state index contributed by atoms with van der Waals surface area (Å²) in [6.07, 6.45) is 6.28. The molecule has 24 heavy (non-hydrogen) atoms. The zero-order valence-corrected chi connectivity index (χ0v) is 14.9. The van der Waals surface area contributed by atoms with Crippen molar-refractivity contribution in [2.75, 3.05) is 13.1 Å². The Bertz CT molecular complexity index is 674. The van der Waals surface area contributed by atoms with Crippen LogP contribution in [0.15, 0.2) is 20.5 Å². The summed E-state index contributed by atoms with van der Waals surface area (Å²) in [5, 5.41) is 0.901. The minimum atomic E-state index is -0.212. The van der Waals surface area contributed by atoms with Gasteiger partial charge in [-0.15, -0.1) is 0 Å². The van der Waals surface area contributed by atoms with Gasteiger partial charge in [0, 0.05) is 25.9 Å². The highest BCUT2D eigenvalue weighted by molar-refractivity contribution is 8.17. The summed E-state index contributed by atoms with van der Waals surface area (Å²) < 4.78 is 0. The van der Waals surface area contributed by atoms with Gasteiger partial charge in [0.1, 0.15) is 11.8 Å². The maximum atomic E-state index is 12.5. The normalized spacial score (nSPS) is 29.4. The Morgan fingerprint density at radius 3 is 2.88 bits per heavy atom. The molecule has 0 N–H and O–H groups in total. The summed E-state index contributed by atoms with van der Waals surface area (Å²) in [6.45, 7) is 4.00. The summed E-state index contributed by atoms with van der Waals surface area (Å²) in [5.74, 6) is 1.10. The fourth-order valence-electron chi connectivity index (χ4n) is 3.98. The summed E-state index contributed by atoms with van der Waals surface area (Å²) in [4.78, 5) is 36.8. The predicted molar refractivity (Wildman–Crippen MR) is 96.0 cm³/mol. The quantitative estimate of drug-likeness (QED) is 0.789. The second kappa shape index (κ2) is 6.47. The van der Waals surface area contributed by atoms with E-state index in [0.29, 0.717) is 24.6 Å². The van der Waals surface area contributed by atoms with E-state index in [-0.39, 0.29) is 17.7 Å². The SMILES string of the molecule is CC1CCC2=C(C1)SC1=NC(CCC(=O)N3CCCC3)=NC(=O)C12. The van der Waals surface area contributed by atoms with Crippen LogP contribution in [0.5, 0.6) is 0 Å². The minimum Gasteiger partial charge on any atom is -0.343 e. The third-order valence-corrected chi connectivity index (χ3v) is 6.58. The predicted octanol–water partition coefficient (Wildman–Crippen LogP) is 3.16. The molecule has 0 spiro atoms. The van der Waals surface area contributed by atoms with Crippen molar-refractivity contribution < 1.29 is 9.59 Å². The van der Waals surface area contributed by atoms with E-state index in [9.17, 15) is 9.59 Å². The summed E-state index contributed by atoms with van der Waals surface area (Å²) >= 11 is 1.68. The van der Waals surface area contributed by atoms with Crippen LogP contribution >= 0.6 is 11.8 Å². The highest BCUT2D eigenvalue weighted by Crippen LogP contribution is 2.48. The largest absolute Gasteiger partial charge is 0.343 e.